The van der Waals surface area contributed by atoms with Gasteiger partial charge in [0.25, 0.3) is 0 Å². The molecule has 0 radical (unpaired) electrons. The summed E-state index contributed by atoms with van der Waals surface area (Å²) in [5.41, 5.74) is 7.78. The lowest BCUT2D eigenvalue weighted by Crippen LogP contribution is -2.25. The van der Waals surface area contributed by atoms with E-state index in [0.717, 1.165) is 18.4 Å². The van der Waals surface area contributed by atoms with Crippen molar-refractivity contribution in [3.63, 3.8) is 0 Å². The fourth-order valence-corrected chi connectivity index (χ4v) is 1.62. The fourth-order valence-electron chi connectivity index (χ4n) is 1.62. The number of anilines is 1. The molecule has 3 heteroatoms. The lowest BCUT2D eigenvalue weighted by Gasteiger charge is -2.25. The lowest BCUT2D eigenvalue weighted by atomic mass is 9.96. The number of carbonyl (C=O) groups excluding carboxylic acids is 1. The van der Waals surface area contributed by atoms with Gasteiger partial charge in [-0.2, -0.15) is 0 Å². The summed E-state index contributed by atoms with van der Waals surface area (Å²) >= 11 is 0. The van der Waals surface area contributed by atoms with E-state index in [0.29, 0.717) is 11.3 Å². The molecule has 1 saturated carbocycles. The first kappa shape index (κ1) is 10.0. The number of nitrogens with two attached hydrogens (primary N) is 1. The Bertz CT molecular complexity index is 383. The highest BCUT2D eigenvalue weighted by Crippen LogP contribution is 2.24. The van der Waals surface area contributed by atoms with Crippen LogP contribution in [-0.4, -0.2) is 12.1 Å². The highest BCUT2D eigenvalue weighted by molar-refractivity contribution is 5.91. The molecule has 0 bridgehead atoms. The van der Waals surface area contributed by atoms with Crippen molar-refractivity contribution >= 4 is 11.7 Å². The van der Waals surface area contributed by atoms with Crippen LogP contribution in [0.25, 0.3) is 0 Å². The molecule has 1 aromatic carbocycles. The van der Waals surface area contributed by atoms with Crippen molar-refractivity contribution in [3.05, 3.63) is 29.3 Å². The normalized spacial score (nSPS) is 15.8. The maximum Gasteiger partial charge on any atom is 0.338 e. The second-order valence-electron chi connectivity index (χ2n) is 4.03. The minimum atomic E-state index is -0.225. The molecule has 1 aromatic rings. The van der Waals surface area contributed by atoms with Crippen molar-refractivity contribution in [2.24, 2.45) is 0 Å². The van der Waals surface area contributed by atoms with E-state index in [1.807, 2.05) is 6.92 Å². The zero-order valence-electron chi connectivity index (χ0n) is 8.82. The largest absolute Gasteiger partial charge is 0.459 e. The second kappa shape index (κ2) is 3.93. The van der Waals surface area contributed by atoms with E-state index in [9.17, 15) is 4.79 Å². The average Bonchev–Trinajstić information content (AvgIpc) is 2.11. The van der Waals surface area contributed by atoms with Gasteiger partial charge in [0.05, 0.1) is 5.56 Å². The highest BCUT2D eigenvalue weighted by Gasteiger charge is 2.22. The molecule has 0 aromatic heterocycles. The summed E-state index contributed by atoms with van der Waals surface area (Å²) in [5, 5.41) is 0. The molecule has 2 N–H and O–H groups in total. The summed E-state index contributed by atoms with van der Waals surface area (Å²) in [6.45, 7) is 1.87. The van der Waals surface area contributed by atoms with Crippen LogP contribution in [0.2, 0.25) is 0 Å². The Kier molecular flexibility index (Phi) is 2.62. The van der Waals surface area contributed by atoms with Crippen molar-refractivity contribution < 1.29 is 9.53 Å². The zero-order chi connectivity index (χ0) is 10.8. The number of ether oxygens (including phenoxy) is 1. The summed E-state index contributed by atoms with van der Waals surface area (Å²) < 4.78 is 5.31. The molecule has 3 nitrogen and oxygen atoms in total. The van der Waals surface area contributed by atoms with Gasteiger partial charge < -0.3 is 10.5 Å². The van der Waals surface area contributed by atoms with Gasteiger partial charge in [-0.25, -0.2) is 4.79 Å². The predicted molar refractivity (Wildman–Crippen MR) is 58.6 cm³/mol. The van der Waals surface area contributed by atoms with Gasteiger partial charge in [0.15, 0.2) is 0 Å². The molecule has 1 fully saturated rings. The zero-order valence-corrected chi connectivity index (χ0v) is 8.82. The predicted octanol–water partition coefficient (Wildman–Crippen LogP) is 2.29. The van der Waals surface area contributed by atoms with Crippen LogP contribution >= 0.6 is 0 Å². The van der Waals surface area contributed by atoms with Gasteiger partial charge in [0.2, 0.25) is 0 Å². The number of benzene rings is 1. The third-order valence-corrected chi connectivity index (χ3v) is 2.80. The minimum Gasteiger partial charge on any atom is -0.459 e. The average molecular weight is 205 g/mol. The number of aryl methyl sites for hydroxylation is 1. The lowest BCUT2D eigenvalue weighted by molar-refractivity contribution is 0.00894. The quantitative estimate of drug-likeness (QED) is 0.595. The standard InChI is InChI=1S/C12H15NO2/c1-8-7-9(13)5-6-11(8)12(14)15-10-3-2-4-10/h5-7,10H,2-4,13H2,1H3. The van der Waals surface area contributed by atoms with Crippen LogP contribution in [0.5, 0.6) is 0 Å². The Labute approximate surface area is 89.2 Å². The Morgan fingerprint density at radius 2 is 2.20 bits per heavy atom. The first-order chi connectivity index (χ1) is 7.16. The maximum atomic E-state index is 11.7. The molecule has 0 amide bonds. The van der Waals surface area contributed by atoms with Crippen molar-refractivity contribution in [2.45, 2.75) is 32.3 Å². The van der Waals surface area contributed by atoms with Gasteiger partial charge in [0, 0.05) is 5.69 Å². The SMILES string of the molecule is Cc1cc(N)ccc1C(=O)OC1CCC1. The highest BCUT2D eigenvalue weighted by atomic mass is 16.5. The minimum absolute atomic E-state index is 0.134. The number of hydrogen-bond donors (Lipinski definition) is 1. The van der Waals surface area contributed by atoms with E-state index in [1.54, 1.807) is 18.2 Å². The van der Waals surface area contributed by atoms with Crippen molar-refractivity contribution in [3.8, 4) is 0 Å². The number of hydrogen-bond acceptors (Lipinski definition) is 3. The summed E-state index contributed by atoms with van der Waals surface area (Å²) in [4.78, 5) is 11.7. The van der Waals surface area contributed by atoms with E-state index in [1.165, 1.54) is 6.42 Å². The van der Waals surface area contributed by atoms with Crippen molar-refractivity contribution in [1.82, 2.24) is 0 Å². The fraction of sp³-hybridized carbons (Fsp3) is 0.417. The molecule has 0 aliphatic heterocycles. The van der Waals surface area contributed by atoms with Gasteiger partial charge in [-0.1, -0.05) is 0 Å². The molecule has 0 heterocycles. The number of carbonyl (C=O) groups is 1. The summed E-state index contributed by atoms with van der Waals surface area (Å²) in [6, 6.07) is 5.24. The van der Waals surface area contributed by atoms with Gasteiger partial charge in [-0.05, 0) is 49.9 Å². The molecule has 80 valence electrons. The van der Waals surface area contributed by atoms with E-state index in [4.69, 9.17) is 10.5 Å². The van der Waals surface area contributed by atoms with E-state index in [2.05, 4.69) is 0 Å². The van der Waals surface area contributed by atoms with Crippen LogP contribution in [0.4, 0.5) is 5.69 Å². The molecule has 15 heavy (non-hydrogen) atoms. The smallest absolute Gasteiger partial charge is 0.338 e. The van der Waals surface area contributed by atoms with Crippen LogP contribution in [0.1, 0.15) is 35.2 Å². The van der Waals surface area contributed by atoms with E-state index >= 15 is 0 Å². The van der Waals surface area contributed by atoms with Gasteiger partial charge in [-0.15, -0.1) is 0 Å². The van der Waals surface area contributed by atoms with Crippen LogP contribution in [0.15, 0.2) is 18.2 Å². The van der Waals surface area contributed by atoms with Crippen molar-refractivity contribution in [2.75, 3.05) is 5.73 Å². The molecule has 1 aliphatic carbocycles. The van der Waals surface area contributed by atoms with E-state index in [-0.39, 0.29) is 12.1 Å². The Balaban J connectivity index is 2.10. The van der Waals surface area contributed by atoms with Crippen molar-refractivity contribution in [1.29, 1.82) is 0 Å². The van der Waals surface area contributed by atoms with Crippen LogP contribution in [-0.2, 0) is 4.74 Å². The molecular formula is C12H15NO2. The summed E-state index contributed by atoms with van der Waals surface area (Å²) in [7, 11) is 0. The maximum absolute atomic E-state index is 11.7. The van der Waals surface area contributed by atoms with Crippen LogP contribution < -0.4 is 5.73 Å². The third-order valence-electron chi connectivity index (χ3n) is 2.80. The Hall–Kier alpha value is -1.51. The topological polar surface area (TPSA) is 52.3 Å². The number of nitrogen functional groups attached to an aromatic ring is 1. The molecule has 0 saturated heterocycles. The monoisotopic (exact) mass is 205 g/mol. The molecule has 0 atom stereocenters. The van der Waals surface area contributed by atoms with Gasteiger partial charge in [0.1, 0.15) is 6.10 Å². The molecule has 1 aliphatic rings. The molecule has 0 unspecified atom stereocenters. The summed E-state index contributed by atoms with van der Waals surface area (Å²) in [5.74, 6) is -0.225. The Morgan fingerprint density at radius 1 is 1.47 bits per heavy atom. The van der Waals surface area contributed by atoms with Crippen LogP contribution in [0.3, 0.4) is 0 Å². The molecule has 2 rings (SSSR count). The number of rotatable bonds is 2. The van der Waals surface area contributed by atoms with Gasteiger partial charge in [-0.3, -0.25) is 0 Å². The first-order valence-electron chi connectivity index (χ1n) is 5.24. The molecule has 0 spiro atoms. The first-order valence-corrected chi connectivity index (χ1v) is 5.24. The Morgan fingerprint density at radius 3 is 2.73 bits per heavy atom. The molecular weight excluding hydrogens is 190 g/mol. The number of esters is 1. The third kappa shape index (κ3) is 2.12. The second-order valence-corrected chi connectivity index (χ2v) is 4.03. The van der Waals surface area contributed by atoms with E-state index < -0.39 is 0 Å². The summed E-state index contributed by atoms with van der Waals surface area (Å²) in [6.07, 6.45) is 3.30. The van der Waals surface area contributed by atoms with Gasteiger partial charge >= 0.3 is 5.97 Å². The van der Waals surface area contributed by atoms with Crippen LogP contribution in [0, 0.1) is 6.92 Å².